The number of anilines is 5. The van der Waals surface area contributed by atoms with E-state index in [4.69, 9.17) is 14.3 Å². The van der Waals surface area contributed by atoms with Crippen molar-refractivity contribution in [3.8, 4) is 5.75 Å². The predicted octanol–water partition coefficient (Wildman–Crippen LogP) is 3.75. The second-order valence-corrected chi connectivity index (χ2v) is 8.76. The van der Waals surface area contributed by atoms with E-state index in [2.05, 4.69) is 37.1 Å². The number of hydrogen-bond donors (Lipinski definition) is 2. The van der Waals surface area contributed by atoms with Gasteiger partial charge in [-0.1, -0.05) is 6.58 Å². The highest BCUT2D eigenvalue weighted by molar-refractivity contribution is 6.02. The van der Waals surface area contributed by atoms with Gasteiger partial charge in [0.2, 0.25) is 11.9 Å². The molecule has 2 N–H and O–H groups in total. The summed E-state index contributed by atoms with van der Waals surface area (Å²) in [4.78, 5) is 32.9. The summed E-state index contributed by atoms with van der Waals surface area (Å²) < 4.78 is 38.8. The van der Waals surface area contributed by atoms with Crippen LogP contribution in [-0.4, -0.2) is 60.9 Å². The van der Waals surface area contributed by atoms with Crippen molar-refractivity contribution >= 4 is 34.9 Å². The Hall–Kier alpha value is -4.36. The maximum Gasteiger partial charge on any atom is 0.255 e. The summed E-state index contributed by atoms with van der Waals surface area (Å²) in [5.74, 6) is -0.917. The molecule has 1 amide bonds. The normalized spacial score (nSPS) is 17.2. The first-order valence-electron chi connectivity index (χ1n) is 12.3. The number of hydroxylamine groups is 1. The van der Waals surface area contributed by atoms with Crippen LogP contribution in [0.2, 0.25) is 0 Å². The molecule has 204 valence electrons. The molecule has 1 aromatic heterocycles. The molecule has 1 unspecified atom stereocenters. The van der Waals surface area contributed by atoms with E-state index in [9.17, 15) is 13.6 Å². The average Bonchev–Trinajstić information content (AvgIpc) is 3.44. The highest BCUT2D eigenvalue weighted by Gasteiger charge is 2.31. The lowest BCUT2D eigenvalue weighted by atomic mass is 10.0. The molecule has 11 nitrogen and oxygen atoms in total. The number of nitrogens with one attached hydrogen (secondary N) is 2. The summed E-state index contributed by atoms with van der Waals surface area (Å²) in [7, 11) is 1.53. The lowest BCUT2D eigenvalue weighted by molar-refractivity contribution is -0.111. The molecule has 0 saturated carbocycles. The van der Waals surface area contributed by atoms with Crippen LogP contribution >= 0.6 is 0 Å². The van der Waals surface area contributed by atoms with Crippen molar-refractivity contribution < 1.29 is 27.9 Å². The van der Waals surface area contributed by atoms with Gasteiger partial charge in [0.15, 0.2) is 0 Å². The van der Waals surface area contributed by atoms with Crippen LogP contribution in [0.1, 0.15) is 18.0 Å². The van der Waals surface area contributed by atoms with E-state index in [0.717, 1.165) is 11.8 Å². The second kappa shape index (κ2) is 11.6. The number of benzene rings is 2. The van der Waals surface area contributed by atoms with Crippen LogP contribution in [0.25, 0.3) is 0 Å². The number of nitrogens with zero attached hydrogens (tertiary/aromatic N) is 5. The Morgan fingerprint density at radius 2 is 1.87 bits per heavy atom. The molecular weight excluding hydrogens is 512 g/mol. The van der Waals surface area contributed by atoms with Gasteiger partial charge in [0.1, 0.15) is 23.7 Å². The molecule has 0 radical (unpaired) electrons. The summed E-state index contributed by atoms with van der Waals surface area (Å²) in [5.41, 5.74) is 2.19. The van der Waals surface area contributed by atoms with Gasteiger partial charge in [-0.15, -0.1) is 0 Å². The molecule has 2 saturated heterocycles. The number of methoxy groups -OCH3 is 1. The van der Waals surface area contributed by atoms with E-state index in [1.165, 1.54) is 36.7 Å². The Morgan fingerprint density at radius 3 is 2.59 bits per heavy atom. The summed E-state index contributed by atoms with van der Waals surface area (Å²) in [6, 6.07) is 6.38. The minimum Gasteiger partial charge on any atom is -0.494 e. The predicted molar refractivity (Wildman–Crippen MR) is 140 cm³/mol. The highest BCUT2D eigenvalue weighted by atomic mass is 19.1. The molecule has 1 atom stereocenters. The molecule has 3 aromatic rings. The first-order chi connectivity index (χ1) is 18.9. The smallest absolute Gasteiger partial charge is 0.255 e. The third-order valence-electron chi connectivity index (χ3n) is 6.29. The zero-order valence-corrected chi connectivity index (χ0v) is 21.2. The number of carbonyl (C=O) groups excluding carboxylic acids is 1. The van der Waals surface area contributed by atoms with Crippen molar-refractivity contribution in [3.63, 3.8) is 0 Å². The van der Waals surface area contributed by atoms with Gasteiger partial charge in [0.25, 0.3) is 5.95 Å². The molecule has 3 heterocycles. The Morgan fingerprint density at radius 1 is 1.10 bits per heavy atom. The van der Waals surface area contributed by atoms with Crippen LogP contribution in [-0.2, 0) is 14.4 Å². The fraction of sp³-hybridized carbons (Fsp3) is 0.308. The van der Waals surface area contributed by atoms with Crippen molar-refractivity contribution in [3.05, 3.63) is 66.5 Å². The number of ether oxygens (including phenoxy) is 2. The van der Waals surface area contributed by atoms with E-state index in [1.54, 1.807) is 6.07 Å². The zero-order valence-electron chi connectivity index (χ0n) is 21.2. The molecular formula is C26H27F2N7O4. The maximum absolute atomic E-state index is 13.9. The summed E-state index contributed by atoms with van der Waals surface area (Å²) in [6.07, 6.45) is 2.97. The Bertz CT molecular complexity index is 1350. The lowest BCUT2D eigenvalue weighted by Crippen LogP contribution is -2.36. The second-order valence-electron chi connectivity index (χ2n) is 8.76. The number of halogens is 2. The number of hydrogen-bond acceptors (Lipinski definition) is 10. The van der Waals surface area contributed by atoms with E-state index in [0.29, 0.717) is 62.0 Å². The van der Waals surface area contributed by atoms with Crippen LogP contribution in [0, 0.1) is 11.6 Å². The fourth-order valence-electron chi connectivity index (χ4n) is 4.50. The zero-order chi connectivity index (χ0) is 27.4. The van der Waals surface area contributed by atoms with Crippen LogP contribution in [0.3, 0.4) is 0 Å². The van der Waals surface area contributed by atoms with Crippen LogP contribution in [0.15, 0.2) is 49.3 Å². The third kappa shape index (κ3) is 5.89. The molecule has 0 aliphatic carbocycles. The van der Waals surface area contributed by atoms with Crippen LogP contribution in [0.5, 0.6) is 5.75 Å². The Balaban J connectivity index is 1.45. The largest absolute Gasteiger partial charge is 0.494 e. The van der Waals surface area contributed by atoms with Crippen LogP contribution in [0.4, 0.5) is 37.7 Å². The van der Waals surface area contributed by atoms with Gasteiger partial charge < -0.3 is 25.0 Å². The standard InChI is InChI=1S/C26H27F2N7O4/c1-3-24(36)31-19-13-20(23(37-2)14-22(19)34-5-8-38-9-6-34)32-25-29-15-30-26(33-25)35-21(4-7-39-35)16-10-17(27)12-18(28)11-16/h3,10-15,21H,1,4-9H2,2H3,(H,31,36)(H,29,30,32,33). The van der Waals surface area contributed by atoms with Gasteiger partial charge in [-0.3, -0.25) is 9.63 Å². The molecule has 2 aliphatic heterocycles. The van der Waals surface area contributed by atoms with Gasteiger partial charge in [-0.25, -0.2) is 18.8 Å². The van der Waals surface area contributed by atoms with Gasteiger partial charge >= 0.3 is 0 Å². The Labute approximate surface area is 223 Å². The topological polar surface area (TPSA) is 114 Å². The van der Waals surface area contributed by atoms with Gasteiger partial charge in [0.05, 0.1) is 50.0 Å². The molecule has 5 rings (SSSR count). The number of carbonyl (C=O) groups is 1. The molecule has 2 fully saturated rings. The van der Waals surface area contributed by atoms with Crippen molar-refractivity contribution in [1.29, 1.82) is 0 Å². The van der Waals surface area contributed by atoms with Crippen molar-refractivity contribution in [2.24, 2.45) is 0 Å². The minimum atomic E-state index is -0.679. The SMILES string of the molecule is C=CC(=O)Nc1cc(Nc2ncnc(N3OCCC3c3cc(F)cc(F)c3)n2)c(OC)cc1N1CCOCC1. The molecule has 2 aliphatic rings. The van der Waals surface area contributed by atoms with Crippen LogP contribution < -0.4 is 25.3 Å². The van der Waals surface area contributed by atoms with E-state index in [-0.39, 0.29) is 17.8 Å². The maximum atomic E-state index is 13.9. The lowest BCUT2D eigenvalue weighted by Gasteiger charge is -2.31. The minimum absolute atomic E-state index is 0.156. The van der Waals surface area contributed by atoms with Crippen molar-refractivity contribution in [1.82, 2.24) is 15.0 Å². The highest BCUT2D eigenvalue weighted by Crippen LogP contribution is 2.39. The third-order valence-corrected chi connectivity index (χ3v) is 6.29. The first kappa shape index (κ1) is 26.3. The number of morpholine rings is 1. The summed E-state index contributed by atoms with van der Waals surface area (Å²) >= 11 is 0. The first-order valence-corrected chi connectivity index (χ1v) is 12.3. The number of rotatable bonds is 8. The summed E-state index contributed by atoms with van der Waals surface area (Å²) in [6.45, 7) is 6.28. The van der Waals surface area contributed by atoms with Crippen molar-refractivity contribution in [2.45, 2.75) is 12.5 Å². The quantitative estimate of drug-likeness (QED) is 0.410. The summed E-state index contributed by atoms with van der Waals surface area (Å²) in [5, 5.41) is 7.37. The van der Waals surface area contributed by atoms with E-state index < -0.39 is 17.7 Å². The van der Waals surface area contributed by atoms with Gasteiger partial charge in [-0.05, 0) is 29.8 Å². The van der Waals surface area contributed by atoms with Gasteiger partial charge in [0, 0.05) is 31.6 Å². The average molecular weight is 540 g/mol. The molecule has 0 spiro atoms. The monoisotopic (exact) mass is 539 g/mol. The van der Waals surface area contributed by atoms with E-state index >= 15 is 0 Å². The number of amides is 1. The van der Waals surface area contributed by atoms with Gasteiger partial charge in [-0.2, -0.15) is 9.97 Å². The molecule has 13 heteroatoms. The van der Waals surface area contributed by atoms with Crippen molar-refractivity contribution in [2.75, 3.05) is 60.6 Å². The molecule has 0 bridgehead atoms. The fourth-order valence-corrected chi connectivity index (χ4v) is 4.50. The Kier molecular flexibility index (Phi) is 7.79. The van der Waals surface area contributed by atoms with E-state index in [1.807, 2.05) is 6.07 Å². The molecule has 39 heavy (non-hydrogen) atoms. The number of aromatic nitrogens is 3. The molecule has 2 aromatic carbocycles.